The Morgan fingerprint density at radius 3 is 2.44 bits per heavy atom. The number of piperidine rings is 1. The first-order valence-electron chi connectivity index (χ1n) is 6.51. The molecule has 1 amide bonds. The van der Waals surface area contributed by atoms with Gasteiger partial charge in [0.2, 0.25) is 5.91 Å². The van der Waals surface area contributed by atoms with Gasteiger partial charge in [0.25, 0.3) is 0 Å². The highest BCUT2D eigenvalue weighted by Crippen LogP contribution is 2.20. The second kappa shape index (κ2) is 5.80. The van der Waals surface area contributed by atoms with Gasteiger partial charge in [-0.25, -0.2) is 0 Å². The van der Waals surface area contributed by atoms with Crippen LogP contribution in [-0.2, 0) is 9.59 Å². The van der Waals surface area contributed by atoms with Crippen molar-refractivity contribution < 1.29 is 9.59 Å². The highest BCUT2D eigenvalue weighted by Gasteiger charge is 2.22. The van der Waals surface area contributed by atoms with Crippen LogP contribution in [0.25, 0.3) is 0 Å². The lowest BCUT2D eigenvalue weighted by molar-refractivity contribution is -0.134. The first-order chi connectivity index (χ1) is 8.66. The molecule has 1 aliphatic rings. The van der Waals surface area contributed by atoms with Gasteiger partial charge in [0.1, 0.15) is 5.78 Å². The zero-order chi connectivity index (χ0) is 13.0. The molecule has 0 N–H and O–H groups in total. The number of Topliss-reactive ketones (excluding diaryl/α,β-unsaturated/α-hetero) is 1. The Morgan fingerprint density at radius 2 is 1.83 bits per heavy atom. The minimum absolute atomic E-state index is 0.166. The summed E-state index contributed by atoms with van der Waals surface area (Å²) in [6, 6.07) is 10.1. The van der Waals surface area contributed by atoms with E-state index in [1.807, 2.05) is 23.1 Å². The molecule has 3 nitrogen and oxygen atoms in total. The number of benzene rings is 1. The van der Waals surface area contributed by atoms with E-state index in [-0.39, 0.29) is 17.6 Å². The van der Waals surface area contributed by atoms with E-state index in [2.05, 4.69) is 19.1 Å². The van der Waals surface area contributed by atoms with Crippen molar-refractivity contribution in [2.24, 2.45) is 0 Å². The molecule has 0 bridgehead atoms. The molecule has 18 heavy (non-hydrogen) atoms. The molecule has 1 atom stereocenters. The van der Waals surface area contributed by atoms with E-state index in [1.165, 1.54) is 5.56 Å². The average molecular weight is 245 g/mol. The molecule has 0 radical (unpaired) electrons. The molecule has 0 spiro atoms. The Bertz CT molecular complexity index is 417. The van der Waals surface area contributed by atoms with E-state index in [1.54, 1.807) is 0 Å². The lowest BCUT2D eigenvalue weighted by Crippen LogP contribution is -2.39. The van der Waals surface area contributed by atoms with E-state index in [0.717, 1.165) is 0 Å². The Morgan fingerprint density at radius 1 is 1.22 bits per heavy atom. The van der Waals surface area contributed by atoms with E-state index in [9.17, 15) is 9.59 Å². The zero-order valence-corrected chi connectivity index (χ0v) is 10.8. The van der Waals surface area contributed by atoms with Crippen LogP contribution >= 0.6 is 0 Å². The van der Waals surface area contributed by atoms with Gasteiger partial charge in [0.05, 0.1) is 0 Å². The summed E-state index contributed by atoms with van der Waals surface area (Å²) < 4.78 is 0. The van der Waals surface area contributed by atoms with Gasteiger partial charge < -0.3 is 4.90 Å². The molecule has 1 fully saturated rings. The molecule has 0 saturated carbocycles. The van der Waals surface area contributed by atoms with E-state index in [4.69, 9.17) is 0 Å². The number of hydrogen-bond acceptors (Lipinski definition) is 2. The fourth-order valence-corrected chi connectivity index (χ4v) is 2.30. The molecule has 2 rings (SSSR count). The third-order valence-electron chi connectivity index (χ3n) is 3.52. The van der Waals surface area contributed by atoms with Crippen LogP contribution in [0.5, 0.6) is 0 Å². The normalized spacial score (nSPS) is 17.6. The Balaban J connectivity index is 1.89. The van der Waals surface area contributed by atoms with Gasteiger partial charge in [-0.15, -0.1) is 0 Å². The van der Waals surface area contributed by atoms with Gasteiger partial charge >= 0.3 is 0 Å². The highest BCUT2D eigenvalue weighted by molar-refractivity contribution is 5.83. The van der Waals surface area contributed by atoms with Gasteiger partial charge in [-0.2, -0.15) is 0 Å². The topological polar surface area (TPSA) is 37.4 Å². The minimum atomic E-state index is 0.166. The SMILES string of the molecule is C[C@H](CC(=O)N1CCC(=O)CC1)c1ccccc1. The molecule has 1 aromatic carbocycles. The van der Waals surface area contributed by atoms with Gasteiger partial charge in [-0.3, -0.25) is 9.59 Å². The number of carbonyl (C=O) groups is 2. The number of hydrogen-bond donors (Lipinski definition) is 0. The first-order valence-corrected chi connectivity index (χ1v) is 6.51. The van der Waals surface area contributed by atoms with Gasteiger partial charge in [0, 0.05) is 32.4 Å². The molecule has 1 saturated heterocycles. The fourth-order valence-electron chi connectivity index (χ4n) is 2.30. The van der Waals surface area contributed by atoms with Crippen molar-refractivity contribution in [1.29, 1.82) is 0 Å². The Hall–Kier alpha value is -1.64. The molecule has 0 aromatic heterocycles. The molecular formula is C15H19NO2. The summed E-state index contributed by atoms with van der Waals surface area (Å²) in [4.78, 5) is 25.1. The Labute approximate surface area is 108 Å². The zero-order valence-electron chi connectivity index (χ0n) is 10.8. The number of ketones is 1. The van der Waals surface area contributed by atoms with Crippen molar-refractivity contribution in [3.8, 4) is 0 Å². The maximum Gasteiger partial charge on any atom is 0.223 e. The Kier molecular flexibility index (Phi) is 4.13. The fraction of sp³-hybridized carbons (Fsp3) is 0.467. The summed E-state index contributed by atoms with van der Waals surface area (Å²) in [6.07, 6.45) is 1.56. The van der Waals surface area contributed by atoms with Crippen LogP contribution in [0.3, 0.4) is 0 Å². The molecule has 1 heterocycles. The smallest absolute Gasteiger partial charge is 0.223 e. The molecule has 1 aromatic rings. The van der Waals surface area contributed by atoms with Gasteiger partial charge in [0.15, 0.2) is 0 Å². The van der Waals surface area contributed by atoms with Crippen molar-refractivity contribution >= 4 is 11.7 Å². The minimum Gasteiger partial charge on any atom is -0.342 e. The maximum absolute atomic E-state index is 12.1. The number of likely N-dealkylation sites (tertiary alicyclic amines) is 1. The first kappa shape index (κ1) is 12.8. The predicted molar refractivity (Wildman–Crippen MR) is 70.3 cm³/mol. The van der Waals surface area contributed by atoms with Crippen molar-refractivity contribution in [2.45, 2.75) is 32.1 Å². The van der Waals surface area contributed by atoms with Crippen molar-refractivity contribution in [2.75, 3.05) is 13.1 Å². The molecule has 3 heteroatoms. The second-order valence-corrected chi connectivity index (χ2v) is 4.94. The van der Waals surface area contributed by atoms with Gasteiger partial charge in [-0.1, -0.05) is 37.3 Å². The van der Waals surface area contributed by atoms with Crippen LogP contribution in [0.2, 0.25) is 0 Å². The van der Waals surface area contributed by atoms with Crippen LogP contribution in [0.15, 0.2) is 30.3 Å². The van der Waals surface area contributed by atoms with Gasteiger partial charge in [-0.05, 0) is 11.5 Å². The van der Waals surface area contributed by atoms with Crippen LogP contribution in [0, 0.1) is 0 Å². The second-order valence-electron chi connectivity index (χ2n) is 4.94. The third kappa shape index (κ3) is 3.19. The molecule has 0 aliphatic carbocycles. The van der Waals surface area contributed by atoms with Crippen LogP contribution in [-0.4, -0.2) is 29.7 Å². The predicted octanol–water partition coefficient (Wildman–Crippen LogP) is 2.37. The van der Waals surface area contributed by atoms with E-state index in [0.29, 0.717) is 32.4 Å². The lowest BCUT2D eigenvalue weighted by atomic mass is 9.97. The number of carbonyl (C=O) groups excluding carboxylic acids is 2. The summed E-state index contributed by atoms with van der Waals surface area (Å²) >= 11 is 0. The molecule has 1 aliphatic heterocycles. The summed E-state index contributed by atoms with van der Waals surface area (Å²) in [5, 5.41) is 0. The van der Waals surface area contributed by atoms with Crippen LogP contribution in [0.1, 0.15) is 37.7 Å². The van der Waals surface area contributed by atoms with E-state index < -0.39 is 0 Å². The highest BCUT2D eigenvalue weighted by atomic mass is 16.2. The van der Waals surface area contributed by atoms with Crippen LogP contribution in [0.4, 0.5) is 0 Å². The molecule has 96 valence electrons. The number of amides is 1. The van der Waals surface area contributed by atoms with Crippen molar-refractivity contribution in [3.05, 3.63) is 35.9 Å². The van der Waals surface area contributed by atoms with Crippen molar-refractivity contribution in [3.63, 3.8) is 0 Å². The maximum atomic E-state index is 12.1. The monoisotopic (exact) mass is 245 g/mol. The van der Waals surface area contributed by atoms with Crippen LogP contribution < -0.4 is 0 Å². The lowest BCUT2D eigenvalue weighted by Gasteiger charge is -2.27. The molecule has 0 unspecified atom stereocenters. The molecular weight excluding hydrogens is 226 g/mol. The number of rotatable bonds is 3. The quantitative estimate of drug-likeness (QED) is 0.820. The standard InChI is InChI=1S/C15H19NO2/c1-12(13-5-3-2-4-6-13)11-15(18)16-9-7-14(17)8-10-16/h2-6,12H,7-11H2,1H3/t12-/m1/s1. The summed E-state index contributed by atoms with van der Waals surface area (Å²) in [5.41, 5.74) is 1.19. The number of nitrogens with zero attached hydrogens (tertiary/aromatic N) is 1. The average Bonchev–Trinajstić information content (AvgIpc) is 2.40. The van der Waals surface area contributed by atoms with Crippen molar-refractivity contribution in [1.82, 2.24) is 4.90 Å². The van der Waals surface area contributed by atoms with E-state index >= 15 is 0 Å². The summed E-state index contributed by atoms with van der Waals surface area (Å²) in [6.45, 7) is 3.26. The largest absolute Gasteiger partial charge is 0.342 e. The summed E-state index contributed by atoms with van der Waals surface area (Å²) in [7, 11) is 0. The third-order valence-corrected chi connectivity index (χ3v) is 3.52. The summed E-state index contributed by atoms with van der Waals surface area (Å²) in [5.74, 6) is 0.672.